The fourth-order valence-electron chi connectivity index (χ4n) is 1.33. The highest BCUT2D eigenvalue weighted by Crippen LogP contribution is 2.29. The van der Waals surface area contributed by atoms with Gasteiger partial charge in [0.1, 0.15) is 0 Å². The molecular formula is C14H20O. The molecule has 0 aliphatic heterocycles. The number of hydrogen-bond acceptors (Lipinski definition) is 1. The zero-order valence-corrected chi connectivity index (χ0v) is 10.1. The normalized spacial score (nSPS) is 13.6. The maximum Gasteiger partial charge on any atom is 0.163 e. The molecule has 0 spiro atoms. The minimum Gasteiger partial charge on any atom is -0.294 e. The fourth-order valence-corrected chi connectivity index (χ4v) is 1.33. The van der Waals surface area contributed by atoms with Crippen LogP contribution in [0.4, 0.5) is 0 Å². The van der Waals surface area contributed by atoms with E-state index in [9.17, 15) is 4.79 Å². The van der Waals surface area contributed by atoms with Crippen molar-refractivity contribution in [2.24, 2.45) is 11.3 Å². The quantitative estimate of drug-likeness (QED) is 0.681. The van der Waals surface area contributed by atoms with Crippen LogP contribution in [-0.4, -0.2) is 5.78 Å². The van der Waals surface area contributed by atoms with Crippen LogP contribution in [0.2, 0.25) is 0 Å². The van der Waals surface area contributed by atoms with Gasteiger partial charge >= 0.3 is 0 Å². The highest BCUT2D eigenvalue weighted by atomic mass is 16.1. The summed E-state index contributed by atoms with van der Waals surface area (Å²) in [5, 5.41) is 0. The maximum absolute atomic E-state index is 11.9. The van der Waals surface area contributed by atoms with Crippen molar-refractivity contribution in [3.63, 3.8) is 0 Å². The van der Waals surface area contributed by atoms with Crippen LogP contribution in [0, 0.1) is 11.3 Å². The summed E-state index contributed by atoms with van der Waals surface area (Å²) in [5.74, 6) is 0.656. The molecule has 1 nitrogen and oxygen atoms in total. The second-order valence-electron chi connectivity index (χ2n) is 5.26. The molecule has 0 radical (unpaired) electrons. The lowest BCUT2D eigenvalue weighted by Crippen LogP contribution is -2.20. The monoisotopic (exact) mass is 204 g/mol. The lowest BCUT2D eigenvalue weighted by atomic mass is 9.78. The van der Waals surface area contributed by atoms with E-state index in [0.29, 0.717) is 12.3 Å². The fraction of sp³-hybridized carbons (Fsp3) is 0.500. The SMILES string of the molecule is CC(CC(=O)c1ccccc1)C(C)(C)C. The summed E-state index contributed by atoms with van der Waals surface area (Å²) in [7, 11) is 0. The zero-order chi connectivity index (χ0) is 11.5. The first-order valence-corrected chi connectivity index (χ1v) is 5.49. The molecule has 1 aromatic carbocycles. The average Bonchev–Trinajstić information content (AvgIpc) is 2.17. The third-order valence-electron chi connectivity index (χ3n) is 3.07. The van der Waals surface area contributed by atoms with E-state index in [1.165, 1.54) is 0 Å². The van der Waals surface area contributed by atoms with Gasteiger partial charge in [0.05, 0.1) is 0 Å². The number of hydrogen-bond donors (Lipinski definition) is 0. The second-order valence-corrected chi connectivity index (χ2v) is 5.26. The van der Waals surface area contributed by atoms with Crippen LogP contribution in [-0.2, 0) is 0 Å². The van der Waals surface area contributed by atoms with E-state index in [-0.39, 0.29) is 11.2 Å². The van der Waals surface area contributed by atoms with Crippen LogP contribution in [0.25, 0.3) is 0 Å². The van der Waals surface area contributed by atoms with E-state index < -0.39 is 0 Å². The molecule has 0 aliphatic rings. The molecule has 82 valence electrons. The Labute approximate surface area is 92.5 Å². The Morgan fingerprint density at radius 3 is 2.20 bits per heavy atom. The first kappa shape index (κ1) is 12.0. The Morgan fingerprint density at radius 2 is 1.73 bits per heavy atom. The second kappa shape index (κ2) is 4.61. The van der Waals surface area contributed by atoms with Gasteiger partial charge in [0.25, 0.3) is 0 Å². The van der Waals surface area contributed by atoms with Gasteiger partial charge in [0.2, 0.25) is 0 Å². The van der Waals surface area contributed by atoms with Crippen molar-refractivity contribution in [3.05, 3.63) is 35.9 Å². The van der Waals surface area contributed by atoms with Crippen molar-refractivity contribution in [2.75, 3.05) is 0 Å². The number of ketones is 1. The number of rotatable bonds is 3. The number of carbonyl (C=O) groups is 1. The molecule has 0 fully saturated rings. The van der Waals surface area contributed by atoms with E-state index in [0.717, 1.165) is 5.56 Å². The summed E-state index contributed by atoms with van der Waals surface area (Å²) in [6.07, 6.45) is 0.632. The largest absolute Gasteiger partial charge is 0.294 e. The maximum atomic E-state index is 11.9. The minimum absolute atomic E-state index is 0.199. The third kappa shape index (κ3) is 3.50. The van der Waals surface area contributed by atoms with E-state index >= 15 is 0 Å². The van der Waals surface area contributed by atoms with Gasteiger partial charge in [-0.15, -0.1) is 0 Å². The van der Waals surface area contributed by atoms with E-state index in [1.54, 1.807) is 0 Å². The summed E-state index contributed by atoms with van der Waals surface area (Å²) >= 11 is 0. The number of carbonyl (C=O) groups excluding carboxylic acids is 1. The summed E-state index contributed by atoms with van der Waals surface area (Å²) in [6.45, 7) is 8.67. The molecule has 1 heteroatoms. The molecule has 1 aromatic rings. The molecule has 0 amide bonds. The molecule has 1 rings (SSSR count). The Bertz CT molecular complexity index is 319. The topological polar surface area (TPSA) is 17.1 Å². The van der Waals surface area contributed by atoms with Crippen LogP contribution in [0.5, 0.6) is 0 Å². The van der Waals surface area contributed by atoms with Gasteiger partial charge in [-0.05, 0) is 11.3 Å². The summed E-state index contributed by atoms with van der Waals surface area (Å²) in [6, 6.07) is 9.53. The first-order valence-electron chi connectivity index (χ1n) is 5.49. The number of Topliss-reactive ketones (excluding diaryl/α,β-unsaturated/α-hetero) is 1. The van der Waals surface area contributed by atoms with Crippen molar-refractivity contribution in [1.29, 1.82) is 0 Å². The van der Waals surface area contributed by atoms with Gasteiger partial charge < -0.3 is 0 Å². The lowest BCUT2D eigenvalue weighted by molar-refractivity contribution is 0.0927. The smallest absolute Gasteiger partial charge is 0.163 e. The van der Waals surface area contributed by atoms with Crippen LogP contribution in [0.15, 0.2) is 30.3 Å². The van der Waals surface area contributed by atoms with Crippen molar-refractivity contribution >= 4 is 5.78 Å². The molecule has 1 unspecified atom stereocenters. The van der Waals surface area contributed by atoms with Gasteiger partial charge in [0.15, 0.2) is 5.78 Å². The first-order chi connectivity index (χ1) is 6.91. The molecule has 1 atom stereocenters. The lowest BCUT2D eigenvalue weighted by Gasteiger charge is -2.26. The molecular weight excluding hydrogens is 184 g/mol. The van der Waals surface area contributed by atoms with Crippen molar-refractivity contribution in [2.45, 2.75) is 34.1 Å². The average molecular weight is 204 g/mol. The predicted octanol–water partition coefficient (Wildman–Crippen LogP) is 3.94. The summed E-state index contributed by atoms with van der Waals surface area (Å²) in [5.41, 5.74) is 1.03. The number of benzene rings is 1. The Morgan fingerprint density at radius 1 is 1.20 bits per heavy atom. The molecule has 0 N–H and O–H groups in total. The highest BCUT2D eigenvalue weighted by molar-refractivity contribution is 5.96. The van der Waals surface area contributed by atoms with Gasteiger partial charge in [-0.1, -0.05) is 58.0 Å². The summed E-state index contributed by atoms with van der Waals surface area (Å²) < 4.78 is 0. The predicted molar refractivity (Wildman–Crippen MR) is 64.0 cm³/mol. The van der Waals surface area contributed by atoms with E-state index in [2.05, 4.69) is 27.7 Å². The Balaban J connectivity index is 2.65. The van der Waals surface area contributed by atoms with Gasteiger partial charge in [-0.2, -0.15) is 0 Å². The van der Waals surface area contributed by atoms with E-state index in [4.69, 9.17) is 0 Å². The third-order valence-corrected chi connectivity index (χ3v) is 3.07. The standard InChI is InChI=1S/C14H20O/c1-11(14(2,3)4)10-13(15)12-8-6-5-7-9-12/h5-9,11H,10H2,1-4H3. The molecule has 0 saturated heterocycles. The van der Waals surface area contributed by atoms with Crippen LogP contribution in [0.1, 0.15) is 44.5 Å². The molecule has 0 aliphatic carbocycles. The Kier molecular flexibility index (Phi) is 3.67. The highest BCUT2D eigenvalue weighted by Gasteiger charge is 2.22. The van der Waals surface area contributed by atoms with Gasteiger partial charge in [0, 0.05) is 12.0 Å². The molecule has 0 aromatic heterocycles. The van der Waals surface area contributed by atoms with Crippen molar-refractivity contribution in [1.82, 2.24) is 0 Å². The van der Waals surface area contributed by atoms with Gasteiger partial charge in [-0.3, -0.25) is 4.79 Å². The molecule has 15 heavy (non-hydrogen) atoms. The molecule has 0 bridgehead atoms. The van der Waals surface area contributed by atoms with Crippen LogP contribution in [0.3, 0.4) is 0 Å². The van der Waals surface area contributed by atoms with Crippen LogP contribution < -0.4 is 0 Å². The van der Waals surface area contributed by atoms with Crippen molar-refractivity contribution < 1.29 is 4.79 Å². The molecule has 0 heterocycles. The zero-order valence-electron chi connectivity index (χ0n) is 10.1. The van der Waals surface area contributed by atoms with Crippen LogP contribution >= 0.6 is 0 Å². The van der Waals surface area contributed by atoms with E-state index in [1.807, 2.05) is 30.3 Å². The Hall–Kier alpha value is -1.11. The molecule has 0 saturated carbocycles. The summed E-state index contributed by atoms with van der Waals surface area (Å²) in [4.78, 5) is 11.9. The minimum atomic E-state index is 0.199. The van der Waals surface area contributed by atoms with Gasteiger partial charge in [-0.25, -0.2) is 0 Å². The van der Waals surface area contributed by atoms with Crippen molar-refractivity contribution in [3.8, 4) is 0 Å².